The van der Waals surface area contributed by atoms with Crippen LogP contribution < -0.4 is 24.7 Å². The van der Waals surface area contributed by atoms with Crippen molar-refractivity contribution in [1.29, 1.82) is 0 Å². The van der Waals surface area contributed by atoms with E-state index in [1.54, 1.807) is 26.0 Å². The number of nitrogens with two attached hydrogens (primary N) is 1. The van der Waals surface area contributed by atoms with E-state index in [-0.39, 0.29) is 55.6 Å². The number of nitro groups is 1. The summed E-state index contributed by atoms with van der Waals surface area (Å²) in [7, 11) is 0. The van der Waals surface area contributed by atoms with Crippen molar-refractivity contribution in [1.82, 2.24) is 0 Å². The number of esters is 2. The third kappa shape index (κ3) is 9.39. The fourth-order valence-electron chi connectivity index (χ4n) is 3.53. The molecule has 0 amide bonds. The molecule has 14 heteroatoms. The van der Waals surface area contributed by atoms with Crippen LogP contribution in [0, 0.1) is 10.1 Å². The summed E-state index contributed by atoms with van der Waals surface area (Å²) in [6, 6.07) is 5.57. The first-order valence-electron chi connectivity index (χ1n) is 12.6. The van der Waals surface area contributed by atoms with Crippen LogP contribution in [0.4, 0.5) is 11.4 Å². The fraction of sp³-hybridized carbons (Fsp3) is 0.481. The first kappa shape index (κ1) is 32.9. The van der Waals surface area contributed by atoms with E-state index in [2.05, 4.69) is 0 Å². The first-order chi connectivity index (χ1) is 19.3. The summed E-state index contributed by atoms with van der Waals surface area (Å²) in [5.41, 5.74) is 5.88. The molecule has 0 atom stereocenters. The van der Waals surface area contributed by atoms with Crippen molar-refractivity contribution in [2.24, 2.45) is 0 Å². The average molecular weight is 581 g/mol. The molecule has 14 nitrogen and oxygen atoms in total. The summed E-state index contributed by atoms with van der Waals surface area (Å²) < 4.78 is 42.1. The summed E-state index contributed by atoms with van der Waals surface area (Å²) in [6.07, 6.45) is 0. The Balaban J connectivity index is 0.000000281. The minimum atomic E-state index is -0.772. The van der Waals surface area contributed by atoms with Gasteiger partial charge in [-0.2, -0.15) is 0 Å². The molecule has 2 aliphatic heterocycles. The zero-order chi connectivity index (χ0) is 28.9. The minimum absolute atomic E-state index is 0. The zero-order valence-corrected chi connectivity index (χ0v) is 22.3. The Morgan fingerprint density at radius 3 is 1.56 bits per heavy atom. The minimum Gasteiger partial charge on any atom is -0.487 e. The number of hydrogen-bond acceptors (Lipinski definition) is 13. The number of benzene rings is 2. The van der Waals surface area contributed by atoms with Crippen molar-refractivity contribution in [3.63, 3.8) is 0 Å². The maximum atomic E-state index is 11.8. The van der Waals surface area contributed by atoms with Crippen molar-refractivity contribution >= 4 is 23.3 Å². The molecule has 2 N–H and O–H groups in total. The van der Waals surface area contributed by atoms with Crippen LogP contribution in [-0.2, 0) is 18.9 Å². The van der Waals surface area contributed by atoms with Gasteiger partial charge in [0.2, 0.25) is 0 Å². The second-order valence-electron chi connectivity index (χ2n) is 8.02. The Labute approximate surface area is 237 Å². The summed E-state index contributed by atoms with van der Waals surface area (Å²) >= 11 is 0. The van der Waals surface area contributed by atoms with E-state index < -0.39 is 16.9 Å². The standard InChI is InChI=1S/C13H15NO7.C13H17NO5.CH4/c1-2-19-13(15)9-7-11-12(8-10(9)14(16)17)21-6-4-18-3-5-20-11;1-2-17-13(15)9-7-11-12(8-10(9)14)19-6-4-16-3-5-18-11;/h7-8H,2-6H2,1H3;7-8H,2-6,14H2,1H3;1H4. The van der Waals surface area contributed by atoms with Crippen molar-refractivity contribution in [2.45, 2.75) is 21.3 Å². The molecule has 0 fully saturated rings. The van der Waals surface area contributed by atoms with Crippen LogP contribution >= 0.6 is 0 Å². The highest BCUT2D eigenvalue weighted by atomic mass is 16.6. The van der Waals surface area contributed by atoms with Gasteiger partial charge in [-0.25, -0.2) is 9.59 Å². The molecule has 4 rings (SSSR count). The van der Waals surface area contributed by atoms with E-state index in [4.69, 9.17) is 43.6 Å². The number of hydrogen-bond donors (Lipinski definition) is 1. The number of nitro benzene ring substituents is 1. The highest BCUT2D eigenvalue weighted by Gasteiger charge is 2.26. The molecule has 0 bridgehead atoms. The summed E-state index contributed by atoms with van der Waals surface area (Å²) in [5, 5.41) is 11.1. The van der Waals surface area contributed by atoms with E-state index in [0.29, 0.717) is 63.4 Å². The van der Waals surface area contributed by atoms with Crippen LogP contribution in [0.3, 0.4) is 0 Å². The fourth-order valence-corrected chi connectivity index (χ4v) is 3.53. The molecule has 0 saturated carbocycles. The average Bonchev–Trinajstić information content (AvgIpc) is 3.12. The lowest BCUT2D eigenvalue weighted by molar-refractivity contribution is -0.385. The van der Waals surface area contributed by atoms with Crippen LogP contribution in [0.25, 0.3) is 0 Å². The molecule has 2 aromatic rings. The molecule has 41 heavy (non-hydrogen) atoms. The molecule has 0 aliphatic carbocycles. The van der Waals surface area contributed by atoms with Gasteiger partial charge >= 0.3 is 11.9 Å². The van der Waals surface area contributed by atoms with E-state index >= 15 is 0 Å². The highest BCUT2D eigenvalue weighted by molar-refractivity contribution is 5.96. The lowest BCUT2D eigenvalue weighted by Gasteiger charge is -2.13. The van der Waals surface area contributed by atoms with Gasteiger partial charge in [-0.15, -0.1) is 0 Å². The van der Waals surface area contributed by atoms with Crippen LogP contribution in [0.15, 0.2) is 24.3 Å². The van der Waals surface area contributed by atoms with Crippen LogP contribution in [0.2, 0.25) is 0 Å². The molecule has 0 radical (unpaired) electrons. The predicted octanol–water partition coefficient (Wildman–Crippen LogP) is 3.43. The van der Waals surface area contributed by atoms with Gasteiger partial charge < -0.3 is 43.6 Å². The lowest BCUT2D eigenvalue weighted by atomic mass is 10.1. The van der Waals surface area contributed by atoms with Gasteiger partial charge in [0.1, 0.15) is 32.0 Å². The molecule has 2 aliphatic rings. The van der Waals surface area contributed by atoms with Gasteiger partial charge in [0.25, 0.3) is 5.69 Å². The van der Waals surface area contributed by atoms with E-state index in [1.807, 2.05) is 0 Å². The summed E-state index contributed by atoms with van der Waals surface area (Å²) in [4.78, 5) is 34.0. The molecule has 0 unspecified atom stereocenters. The third-order valence-corrected chi connectivity index (χ3v) is 5.31. The molecule has 226 valence electrons. The van der Waals surface area contributed by atoms with E-state index in [1.165, 1.54) is 12.1 Å². The van der Waals surface area contributed by atoms with Gasteiger partial charge in [0, 0.05) is 18.2 Å². The van der Waals surface area contributed by atoms with Crippen molar-refractivity contribution in [3.05, 3.63) is 45.5 Å². The Morgan fingerprint density at radius 1 is 0.732 bits per heavy atom. The van der Waals surface area contributed by atoms with Crippen LogP contribution in [0.1, 0.15) is 42.0 Å². The predicted molar refractivity (Wildman–Crippen MR) is 146 cm³/mol. The number of anilines is 1. The normalized spacial score (nSPS) is 14.4. The number of rotatable bonds is 5. The molecular formula is C27H36N2O12. The van der Waals surface area contributed by atoms with E-state index in [9.17, 15) is 19.7 Å². The number of fused-ring (bicyclic) bond motifs is 2. The third-order valence-electron chi connectivity index (χ3n) is 5.31. The largest absolute Gasteiger partial charge is 0.487 e. The number of carbonyl (C=O) groups excluding carboxylic acids is 2. The van der Waals surface area contributed by atoms with Gasteiger partial charge in [-0.05, 0) is 13.8 Å². The van der Waals surface area contributed by atoms with Gasteiger partial charge in [-0.3, -0.25) is 10.1 Å². The molecule has 2 heterocycles. The van der Waals surface area contributed by atoms with Crippen molar-refractivity contribution in [2.75, 3.05) is 71.8 Å². The van der Waals surface area contributed by atoms with Gasteiger partial charge in [0.05, 0.1) is 61.9 Å². The summed E-state index contributed by atoms with van der Waals surface area (Å²) in [5.74, 6) is 0.211. The Bertz CT molecular complexity index is 1190. The zero-order valence-electron chi connectivity index (χ0n) is 22.3. The summed E-state index contributed by atoms with van der Waals surface area (Å²) in [6.45, 7) is 6.77. The van der Waals surface area contributed by atoms with Crippen molar-refractivity contribution in [3.8, 4) is 23.0 Å². The van der Waals surface area contributed by atoms with Crippen LogP contribution in [-0.4, -0.2) is 82.9 Å². The topological polar surface area (TPSA) is 177 Å². The molecule has 2 aromatic carbocycles. The Hall–Kier alpha value is -4.30. The number of carbonyl (C=O) groups is 2. The highest BCUT2D eigenvalue weighted by Crippen LogP contribution is 2.36. The van der Waals surface area contributed by atoms with Gasteiger partial charge in [-0.1, -0.05) is 7.43 Å². The quantitative estimate of drug-likeness (QED) is 0.236. The smallest absolute Gasteiger partial charge is 0.345 e. The molecule has 0 spiro atoms. The number of nitrogens with zero attached hydrogens (tertiary/aromatic N) is 1. The SMILES string of the molecule is C.CCOC(=O)c1cc2c(cc1N)OCCOCCO2.CCOC(=O)c1cc2c(cc1[N+](=O)[O-])OCCOCCO2. The van der Waals surface area contributed by atoms with Crippen LogP contribution in [0.5, 0.6) is 23.0 Å². The maximum absolute atomic E-state index is 11.8. The molecule has 0 aromatic heterocycles. The van der Waals surface area contributed by atoms with Crippen molar-refractivity contribution < 1.29 is 52.4 Å². The monoisotopic (exact) mass is 580 g/mol. The number of nitrogen functional groups attached to an aromatic ring is 1. The second-order valence-corrected chi connectivity index (χ2v) is 8.02. The Morgan fingerprint density at radius 2 is 1.12 bits per heavy atom. The number of ether oxygens (including phenoxy) is 8. The van der Waals surface area contributed by atoms with E-state index in [0.717, 1.165) is 0 Å². The maximum Gasteiger partial charge on any atom is 0.345 e. The second kappa shape index (κ2) is 16.7. The first-order valence-corrected chi connectivity index (χ1v) is 12.6. The van der Waals surface area contributed by atoms with Gasteiger partial charge in [0.15, 0.2) is 23.0 Å². The lowest BCUT2D eigenvalue weighted by Crippen LogP contribution is -2.10. The molecular weight excluding hydrogens is 544 g/mol. The molecule has 0 saturated heterocycles. The Kier molecular flexibility index (Phi) is 13.4.